The van der Waals surface area contributed by atoms with E-state index in [1.165, 1.54) is 44.8 Å². The molecule has 30 heteroatoms. The first kappa shape index (κ1) is 97.5. The quantitative estimate of drug-likeness (QED) is 0.103. The van der Waals surface area contributed by atoms with Crippen LogP contribution in [-0.2, 0) is 6.18 Å². The highest BCUT2D eigenvalue weighted by molar-refractivity contribution is 6.00. The number of hydrogen-bond donors (Lipinski definition) is 0. The summed E-state index contributed by atoms with van der Waals surface area (Å²) in [7, 11) is 0. The van der Waals surface area contributed by atoms with Gasteiger partial charge in [-0.1, -0.05) is 228 Å². The monoisotopic (exact) mass is 1610 g/mol. The molecule has 3 aliphatic carbocycles. The van der Waals surface area contributed by atoms with Crippen LogP contribution in [-0.4, -0.2) is 102 Å². The van der Waals surface area contributed by atoms with Gasteiger partial charge in [0.05, 0.1) is 23.8 Å². The highest BCUT2D eigenvalue weighted by atomic mass is 19.4. The third kappa shape index (κ3) is 32.4. The van der Waals surface area contributed by atoms with E-state index in [4.69, 9.17) is 31.2 Å². The average molecular weight is 1610 g/mol. The first-order valence-corrected chi connectivity index (χ1v) is 38.4. The lowest BCUT2D eigenvalue weighted by atomic mass is 9.90. The number of aryl methyl sites for hydroxylation is 3. The van der Waals surface area contributed by atoms with Gasteiger partial charge in [-0.05, 0) is 69.4 Å². The van der Waals surface area contributed by atoms with Crippen molar-refractivity contribution in [1.82, 2.24) is 55.3 Å². The number of rotatable bonds is 12. The third-order valence-corrected chi connectivity index (χ3v) is 16.2. The van der Waals surface area contributed by atoms with Gasteiger partial charge in [0, 0.05) is 74.9 Å². The predicted octanol–water partition coefficient (Wildman–Crippen LogP) is 22.0. The maximum Gasteiger partial charge on any atom is 0.451 e. The summed E-state index contributed by atoms with van der Waals surface area (Å²) in [5.41, 5.74) is -0.231. The van der Waals surface area contributed by atoms with Crippen LogP contribution in [0.25, 0.3) is 11.1 Å². The molecule has 115 heavy (non-hydrogen) atoms. The first-order valence-electron chi connectivity index (χ1n) is 38.4. The van der Waals surface area contributed by atoms with E-state index < -0.39 is 66.9 Å². The lowest BCUT2D eigenvalue weighted by Crippen LogP contribution is -2.21. The van der Waals surface area contributed by atoms with Crippen molar-refractivity contribution in [1.29, 1.82) is 0 Å². The number of carbonyl (C=O) groups excluding carboxylic acids is 8. The fraction of sp³-hybridized carbons (Fsp3) is 0.612. The SMILES string of the molecule is CC(C)(C)C(=O)c1nc(C2CC2)co1.CC(C)(C)C(=O)c1nc2ccccc2o1.CC(C)(C)C(=O)c1ncc(C(F)(F)F)o1.CC(C)(C)C(=O)c1ncc(C2CC2)o1.CC(C)(C)C(=O)c1noc(C2CC2)n1.CCCC(C)(C)C.Cc1coc(C(=O)C(C)(C)C)n1.Cc1nc(C(=O)C(C)(C)C)no1.Cc1nc(C(=O)C(C)(C)C)no1. The predicted molar refractivity (Wildman–Crippen MR) is 423 cm³/mol. The van der Waals surface area contributed by atoms with Gasteiger partial charge in [-0.3, -0.25) is 38.4 Å². The van der Waals surface area contributed by atoms with E-state index in [9.17, 15) is 51.5 Å². The van der Waals surface area contributed by atoms with Gasteiger partial charge in [0.15, 0.2) is 5.58 Å². The number of ketones is 8. The number of oxazole rings is 5. The van der Waals surface area contributed by atoms with E-state index >= 15 is 0 Å². The zero-order valence-electron chi connectivity index (χ0n) is 73.1. The Labute approximate surface area is 672 Å². The average Bonchev–Trinajstić information content (AvgIpc) is 1.68. The molecular weight excluding hydrogens is 1490 g/mol. The number of halogens is 3. The standard InChI is InChI=1S/C12H13NO2.2C11H15NO2.C10H14N2O2.C9H10F3NO2.C9H13NO2.2C8H12N2O2.C7H16/c1-12(2,3)10(14)11-13-8-6-4-5-7-9(8)15-11;1-11(2,3)9(13)10-12-8(6-14-10)7-4-5-7;1-11(2,3)9(13)10-12-6-8(14-10)7-4-5-7;1-10(2,3)7(13)8-11-9(14-12-8)6-4-5-6;1-8(2,3)6(14)7-13-4-5(15-7)9(10,11)12;1-6-5-12-8(10-6)7(11)9(2,3)4;2*1-5-9-7(10-12-5)6(11)8(2,3)4;1-5-6-7(2,3)4/h4-7H,1-3H3;2*6-7H,4-5H2,1-3H3;6H,4-5H2,1-3H3;4H,1-3H3;5H,1-4H3;2*1-4H3;5-6H2,1-4H3. The maximum absolute atomic E-state index is 12.1. The number of fused-ring (bicyclic) bond motifs is 1. The Balaban J connectivity index is 0.000000274. The number of carbonyl (C=O) groups is 8. The van der Waals surface area contributed by atoms with Crippen molar-refractivity contribution in [3.05, 3.63) is 137 Å². The van der Waals surface area contributed by atoms with Crippen molar-refractivity contribution < 1.29 is 87.2 Å². The van der Waals surface area contributed by atoms with Crippen LogP contribution in [0.15, 0.2) is 84.8 Å². The van der Waals surface area contributed by atoms with Gasteiger partial charge in [0.2, 0.25) is 87.2 Å². The van der Waals surface area contributed by atoms with Crippen molar-refractivity contribution in [2.24, 2.45) is 48.7 Å². The van der Waals surface area contributed by atoms with Gasteiger partial charge < -0.3 is 35.7 Å². The molecule has 9 aromatic rings. The lowest BCUT2D eigenvalue weighted by molar-refractivity contribution is -0.153. The van der Waals surface area contributed by atoms with E-state index in [0.717, 1.165) is 35.5 Å². The van der Waals surface area contributed by atoms with Gasteiger partial charge in [-0.2, -0.15) is 28.1 Å². The Morgan fingerprint density at radius 3 is 1.11 bits per heavy atom. The molecule has 3 saturated carbocycles. The van der Waals surface area contributed by atoms with Crippen LogP contribution in [0.5, 0.6) is 0 Å². The normalized spacial score (nSPS) is 13.9. The summed E-state index contributed by atoms with van der Waals surface area (Å²) in [6.07, 6.45) is 10.2. The second-order valence-electron chi connectivity index (χ2n) is 38.0. The smallest absolute Gasteiger partial charge is 0.442 e. The largest absolute Gasteiger partial charge is 0.451 e. The summed E-state index contributed by atoms with van der Waals surface area (Å²) in [5, 5.41) is 10.8. The van der Waals surface area contributed by atoms with Gasteiger partial charge in [-0.25, -0.2) is 24.9 Å². The van der Waals surface area contributed by atoms with Crippen molar-refractivity contribution in [3.8, 4) is 0 Å². The molecule has 8 heterocycles. The van der Waals surface area contributed by atoms with Gasteiger partial charge >= 0.3 is 6.18 Å². The molecule has 8 aromatic heterocycles. The van der Waals surface area contributed by atoms with E-state index in [-0.39, 0.29) is 81.5 Å². The Kier molecular flexibility index (Phi) is 32.8. The van der Waals surface area contributed by atoms with E-state index in [0.29, 0.717) is 52.6 Å². The summed E-state index contributed by atoms with van der Waals surface area (Å²) >= 11 is 0. The van der Waals surface area contributed by atoms with Crippen LogP contribution < -0.4 is 0 Å². The Bertz CT molecular complexity index is 4350. The topological polar surface area (TPSA) is 383 Å². The van der Waals surface area contributed by atoms with Crippen LogP contribution in [0.1, 0.15) is 389 Å². The molecule has 0 saturated heterocycles. The fourth-order valence-electron chi connectivity index (χ4n) is 8.81. The molecule has 0 atom stereocenters. The van der Waals surface area contributed by atoms with Gasteiger partial charge in [0.25, 0.3) is 29.5 Å². The zero-order chi connectivity index (χ0) is 87.9. The van der Waals surface area contributed by atoms with Crippen molar-refractivity contribution in [2.75, 3.05) is 0 Å². The molecule has 0 aliphatic heterocycles. The molecular formula is C85H120F3N11O16. The molecule has 27 nitrogen and oxygen atoms in total. The number of nitrogens with zero attached hydrogens (tertiary/aromatic N) is 11. The summed E-state index contributed by atoms with van der Waals surface area (Å²) in [6, 6.07) is 7.37. The van der Waals surface area contributed by atoms with Crippen LogP contribution in [0, 0.1) is 69.5 Å². The molecule has 0 spiro atoms. The summed E-state index contributed by atoms with van der Waals surface area (Å²) < 4.78 is 76.1. The Morgan fingerprint density at radius 2 is 0.765 bits per heavy atom. The number of alkyl halides is 3. The van der Waals surface area contributed by atoms with Crippen molar-refractivity contribution in [2.45, 2.75) is 290 Å². The van der Waals surface area contributed by atoms with Crippen molar-refractivity contribution in [3.63, 3.8) is 0 Å². The van der Waals surface area contributed by atoms with E-state index in [1.54, 1.807) is 54.0 Å². The van der Waals surface area contributed by atoms with Crippen LogP contribution in [0.2, 0.25) is 0 Å². The van der Waals surface area contributed by atoms with Crippen LogP contribution in [0.3, 0.4) is 0 Å². The molecule has 3 aliphatic rings. The lowest BCUT2D eigenvalue weighted by Gasteiger charge is -2.15. The van der Waals surface area contributed by atoms with Gasteiger partial charge in [0.1, 0.15) is 23.8 Å². The number of Topliss-reactive ketones (excluding diaryl/α,β-unsaturated/α-hetero) is 8. The van der Waals surface area contributed by atoms with E-state index in [1.807, 2.05) is 170 Å². The summed E-state index contributed by atoms with van der Waals surface area (Å²) in [4.78, 5) is 125. The number of para-hydroxylation sites is 2. The minimum Gasteiger partial charge on any atom is -0.442 e. The third-order valence-electron chi connectivity index (χ3n) is 16.2. The van der Waals surface area contributed by atoms with Gasteiger partial charge in [-0.15, -0.1) is 0 Å². The summed E-state index contributed by atoms with van der Waals surface area (Å²) in [5.74, 6) is 2.54. The molecule has 0 radical (unpaired) electrons. The van der Waals surface area contributed by atoms with Crippen LogP contribution in [0.4, 0.5) is 13.2 Å². The minimum absolute atomic E-state index is 0.0237. The summed E-state index contributed by atoms with van der Waals surface area (Å²) in [6.45, 7) is 57.7. The minimum atomic E-state index is -4.61. The molecule has 12 rings (SSSR count). The highest BCUT2D eigenvalue weighted by Crippen LogP contribution is 2.42. The van der Waals surface area contributed by atoms with E-state index in [2.05, 4.69) is 87.5 Å². The maximum atomic E-state index is 12.1. The molecule has 3 fully saturated rings. The number of hydrogen-bond acceptors (Lipinski definition) is 27. The first-order chi connectivity index (χ1) is 52.3. The fourth-order valence-corrected chi connectivity index (χ4v) is 8.81. The molecule has 1 aromatic carbocycles. The second-order valence-corrected chi connectivity index (χ2v) is 38.0. The highest BCUT2D eigenvalue weighted by Gasteiger charge is 2.40. The Morgan fingerprint density at radius 1 is 0.391 bits per heavy atom. The molecule has 632 valence electrons. The zero-order valence-corrected chi connectivity index (χ0v) is 73.1. The molecule has 0 unspecified atom stereocenters. The van der Waals surface area contributed by atoms with Crippen LogP contribution >= 0.6 is 0 Å². The molecule has 0 amide bonds. The second kappa shape index (κ2) is 38.7. The molecule has 0 N–H and O–H groups in total. The molecule has 0 bridgehead atoms. The van der Waals surface area contributed by atoms with Crippen molar-refractivity contribution >= 4 is 57.4 Å². The number of benzene rings is 1. The number of aromatic nitrogens is 11. The Hall–Kier alpha value is -9.90.